The van der Waals surface area contributed by atoms with E-state index in [1.165, 1.54) is 42.6 Å². The Morgan fingerprint density at radius 1 is 1.06 bits per heavy atom. The largest absolute Gasteiger partial charge is 0.444 e. The molecule has 0 aromatic carbocycles. The van der Waals surface area contributed by atoms with E-state index in [1.807, 2.05) is 20.8 Å². The molecule has 2 atom stereocenters. The summed E-state index contributed by atoms with van der Waals surface area (Å²) in [5.74, 6) is -4.87. The topological polar surface area (TPSA) is 112 Å². The molecule has 0 bridgehead atoms. The number of pyridine rings is 2. The van der Waals surface area contributed by atoms with Crippen molar-refractivity contribution in [2.75, 3.05) is 31.5 Å². The molecule has 2 N–H and O–H groups in total. The Hall–Kier alpha value is -3.71. The van der Waals surface area contributed by atoms with Crippen molar-refractivity contribution in [2.24, 2.45) is 5.92 Å². The lowest BCUT2D eigenvalue weighted by Gasteiger charge is -2.47. The van der Waals surface area contributed by atoms with Gasteiger partial charge in [0.15, 0.2) is 11.5 Å². The second-order valence-electron chi connectivity index (χ2n) is 14.8. The number of aliphatic hydroxyl groups is 1. The van der Waals surface area contributed by atoms with Gasteiger partial charge in [-0.15, -0.1) is 0 Å². The number of ether oxygens (including phenoxy) is 1. The van der Waals surface area contributed by atoms with Gasteiger partial charge in [0.05, 0.1) is 28.6 Å². The van der Waals surface area contributed by atoms with Crippen molar-refractivity contribution in [2.45, 2.75) is 95.8 Å². The number of anilines is 1. The number of piperidine rings is 1. The molecule has 0 radical (unpaired) electrons. The number of carbonyl (C=O) groups excluding carboxylic acids is 2. The fraction of sp³-hybridized carbons (Fsp3) is 0.588. The normalized spacial score (nSPS) is 21.4. The maximum atomic E-state index is 16.1. The molecule has 2 unspecified atom stereocenters. The number of imidazole rings is 1. The van der Waals surface area contributed by atoms with Crippen LogP contribution in [0.25, 0.3) is 5.65 Å². The van der Waals surface area contributed by atoms with E-state index in [4.69, 9.17) is 4.74 Å². The number of hydrogen-bond donors (Lipinski definition) is 2. The van der Waals surface area contributed by atoms with Crippen LogP contribution in [0.1, 0.15) is 100 Å². The van der Waals surface area contributed by atoms with E-state index in [-0.39, 0.29) is 46.7 Å². The van der Waals surface area contributed by atoms with Gasteiger partial charge in [-0.1, -0.05) is 6.07 Å². The molecule has 5 heterocycles. The molecule has 2 amide bonds. The number of fused-ring (bicyclic) bond motifs is 1. The number of halogens is 3. The SMILES string of the molecule is CC(C1CN(C(=O)OC(C)(C)C)C1)N1CCC(c2cn3cc(NC(=O)c4cccc(C5CC5(F)F)n4)c(C(C)(C)O)c(F)c3n2)CC1. The first-order valence-corrected chi connectivity index (χ1v) is 16.2. The lowest BCUT2D eigenvalue weighted by molar-refractivity contribution is -0.0200. The van der Waals surface area contributed by atoms with Crippen molar-refractivity contribution in [3.05, 3.63) is 59.1 Å². The number of carbonyl (C=O) groups is 2. The van der Waals surface area contributed by atoms with Crippen LogP contribution in [-0.4, -0.2) is 85.0 Å². The molecule has 47 heavy (non-hydrogen) atoms. The van der Waals surface area contributed by atoms with Gasteiger partial charge < -0.3 is 29.4 Å². The highest BCUT2D eigenvalue weighted by molar-refractivity contribution is 6.03. The van der Waals surface area contributed by atoms with Crippen LogP contribution in [0.3, 0.4) is 0 Å². The lowest BCUT2D eigenvalue weighted by Crippen LogP contribution is -2.58. The van der Waals surface area contributed by atoms with Gasteiger partial charge in [0.1, 0.15) is 11.3 Å². The molecule has 254 valence electrons. The highest BCUT2D eigenvalue weighted by Gasteiger charge is 2.58. The number of likely N-dealkylation sites (tertiary alicyclic amines) is 2. The van der Waals surface area contributed by atoms with E-state index in [0.29, 0.717) is 25.0 Å². The van der Waals surface area contributed by atoms with Crippen molar-refractivity contribution < 1.29 is 32.6 Å². The van der Waals surface area contributed by atoms with Crippen LogP contribution in [0.4, 0.5) is 23.7 Å². The molecule has 0 spiro atoms. The molecule has 2 aliphatic heterocycles. The third-order valence-corrected chi connectivity index (χ3v) is 9.52. The van der Waals surface area contributed by atoms with Crippen LogP contribution in [0, 0.1) is 11.7 Å². The van der Waals surface area contributed by atoms with Crippen LogP contribution < -0.4 is 5.32 Å². The fourth-order valence-electron chi connectivity index (χ4n) is 6.68. The van der Waals surface area contributed by atoms with E-state index >= 15 is 4.39 Å². The molecular weight excluding hydrogens is 613 g/mol. The first-order valence-electron chi connectivity index (χ1n) is 16.2. The summed E-state index contributed by atoms with van der Waals surface area (Å²) in [4.78, 5) is 38.5. The molecule has 3 aromatic heterocycles. The Labute approximate surface area is 272 Å². The molecule has 13 heteroatoms. The first-order chi connectivity index (χ1) is 21.9. The molecule has 10 nitrogen and oxygen atoms in total. The van der Waals surface area contributed by atoms with Crippen molar-refractivity contribution >= 4 is 23.3 Å². The van der Waals surface area contributed by atoms with Crippen molar-refractivity contribution in [3.63, 3.8) is 0 Å². The third-order valence-electron chi connectivity index (χ3n) is 9.52. The highest BCUT2D eigenvalue weighted by atomic mass is 19.3. The summed E-state index contributed by atoms with van der Waals surface area (Å²) in [6.45, 7) is 13.6. The minimum Gasteiger partial charge on any atom is -0.444 e. The molecule has 1 saturated carbocycles. The van der Waals surface area contributed by atoms with Gasteiger partial charge in [0.25, 0.3) is 11.8 Å². The summed E-state index contributed by atoms with van der Waals surface area (Å²) >= 11 is 0. The van der Waals surface area contributed by atoms with Gasteiger partial charge in [0.2, 0.25) is 0 Å². The van der Waals surface area contributed by atoms with E-state index in [2.05, 4.69) is 27.1 Å². The Balaban J connectivity index is 1.14. The van der Waals surface area contributed by atoms with E-state index in [9.17, 15) is 23.5 Å². The number of amides is 2. The number of rotatable bonds is 7. The maximum absolute atomic E-state index is 16.1. The molecule has 2 saturated heterocycles. The molecule has 6 rings (SSSR count). The van der Waals surface area contributed by atoms with Crippen LogP contribution in [-0.2, 0) is 10.3 Å². The highest BCUT2D eigenvalue weighted by Crippen LogP contribution is 2.55. The summed E-state index contributed by atoms with van der Waals surface area (Å²) in [6.07, 6.45) is 4.32. The number of nitrogens with zero attached hydrogens (tertiary/aromatic N) is 5. The third kappa shape index (κ3) is 6.83. The van der Waals surface area contributed by atoms with Crippen molar-refractivity contribution in [1.82, 2.24) is 24.2 Å². The lowest BCUT2D eigenvalue weighted by atomic mass is 9.88. The Kier molecular flexibility index (Phi) is 8.31. The molecular formula is C34H43F3N6O4. The number of alkyl halides is 2. The van der Waals surface area contributed by atoms with Crippen LogP contribution >= 0.6 is 0 Å². The van der Waals surface area contributed by atoms with E-state index in [0.717, 1.165) is 31.6 Å². The Morgan fingerprint density at radius 3 is 2.32 bits per heavy atom. The summed E-state index contributed by atoms with van der Waals surface area (Å²) in [5, 5.41) is 13.6. The first kappa shape index (κ1) is 33.2. The van der Waals surface area contributed by atoms with E-state index < -0.39 is 34.8 Å². The number of aromatic nitrogens is 3. The van der Waals surface area contributed by atoms with Crippen LogP contribution in [0.2, 0.25) is 0 Å². The van der Waals surface area contributed by atoms with Gasteiger partial charge in [-0.3, -0.25) is 4.79 Å². The molecule has 3 aliphatic rings. The molecule has 3 fully saturated rings. The second kappa shape index (κ2) is 11.8. The monoisotopic (exact) mass is 656 g/mol. The van der Waals surface area contributed by atoms with Gasteiger partial charge in [-0.05, 0) is 79.6 Å². The van der Waals surface area contributed by atoms with Gasteiger partial charge in [-0.25, -0.2) is 27.9 Å². The molecule has 1 aliphatic carbocycles. The Morgan fingerprint density at radius 2 is 1.72 bits per heavy atom. The number of hydrogen-bond acceptors (Lipinski definition) is 7. The van der Waals surface area contributed by atoms with Crippen LogP contribution in [0.5, 0.6) is 0 Å². The zero-order valence-electron chi connectivity index (χ0n) is 27.7. The zero-order valence-corrected chi connectivity index (χ0v) is 27.7. The number of nitrogens with one attached hydrogen (secondary N) is 1. The molecule has 3 aromatic rings. The summed E-state index contributed by atoms with van der Waals surface area (Å²) < 4.78 is 50.3. The quantitative estimate of drug-likeness (QED) is 0.326. The fourth-order valence-corrected chi connectivity index (χ4v) is 6.68. The van der Waals surface area contributed by atoms with Gasteiger partial charge in [0, 0.05) is 55.3 Å². The summed E-state index contributed by atoms with van der Waals surface area (Å²) in [5.41, 5.74) is -1.49. The Bertz CT molecular complexity index is 1680. The zero-order chi connectivity index (χ0) is 34.1. The minimum atomic E-state index is -2.83. The summed E-state index contributed by atoms with van der Waals surface area (Å²) in [6, 6.07) is 4.65. The van der Waals surface area contributed by atoms with E-state index in [1.54, 1.807) is 11.1 Å². The predicted octanol–water partition coefficient (Wildman–Crippen LogP) is 5.91. The minimum absolute atomic E-state index is 0.0324. The van der Waals surface area contributed by atoms with Crippen molar-refractivity contribution in [3.8, 4) is 0 Å². The van der Waals surface area contributed by atoms with Crippen molar-refractivity contribution in [1.29, 1.82) is 0 Å². The second-order valence-corrected chi connectivity index (χ2v) is 14.8. The summed E-state index contributed by atoms with van der Waals surface area (Å²) in [7, 11) is 0. The smallest absolute Gasteiger partial charge is 0.410 e. The average molecular weight is 657 g/mol. The standard InChI is InChI=1S/C34H43F3N6O4/c1-19(21-15-43(16-21)31(45)47-32(2,3)4)41-12-10-20(11-13-41)25-17-42-18-26(27(33(5,6)46)28(35)29(42)39-25)40-30(44)24-9-7-8-23(38-24)22-14-34(22,36)37/h7-9,17-22,46H,10-16H2,1-6H3,(H,40,44). The van der Waals surface area contributed by atoms with Gasteiger partial charge in [-0.2, -0.15) is 0 Å². The predicted molar refractivity (Wildman–Crippen MR) is 169 cm³/mol. The van der Waals surface area contributed by atoms with Gasteiger partial charge >= 0.3 is 6.09 Å². The average Bonchev–Trinajstić information content (AvgIpc) is 3.37. The maximum Gasteiger partial charge on any atom is 0.410 e. The van der Waals surface area contributed by atoms with Crippen LogP contribution in [0.15, 0.2) is 30.6 Å².